The van der Waals surface area contributed by atoms with Crippen molar-refractivity contribution in [2.24, 2.45) is 0 Å². The number of carboxylic acids is 1. The van der Waals surface area contributed by atoms with Crippen LogP contribution in [0.2, 0.25) is 0 Å². The summed E-state index contributed by atoms with van der Waals surface area (Å²) in [4.78, 5) is 14.3. The van der Waals surface area contributed by atoms with E-state index in [1.165, 1.54) is 0 Å². The van der Waals surface area contributed by atoms with Gasteiger partial charge in [0.15, 0.2) is 5.76 Å². The van der Waals surface area contributed by atoms with Crippen LogP contribution < -0.4 is 0 Å². The largest absolute Gasteiger partial charge is 0.478 e. The molecule has 0 radical (unpaired) electrons. The molecule has 4 rings (SSSR count). The lowest BCUT2D eigenvalue weighted by Gasteiger charge is -1.99. The van der Waals surface area contributed by atoms with Gasteiger partial charge in [-0.05, 0) is 60.5 Å². The number of carboxylic acid groups (broad SMARTS) is 1. The minimum atomic E-state index is -0.928. The third kappa shape index (κ3) is 2.76. The molecule has 2 heterocycles. The summed E-state index contributed by atoms with van der Waals surface area (Å²) in [5, 5.41) is 10.1. The molecule has 0 aliphatic heterocycles. The number of hydrogen-bond donors (Lipinski definition) is 2. The lowest BCUT2D eigenvalue weighted by molar-refractivity contribution is 0.0697. The molecule has 5 heteroatoms. The summed E-state index contributed by atoms with van der Waals surface area (Å²) in [5.41, 5.74) is 4.97. The van der Waals surface area contributed by atoms with Crippen LogP contribution in [0.3, 0.4) is 0 Å². The molecule has 0 amide bonds. The van der Waals surface area contributed by atoms with Crippen LogP contribution in [0.4, 0.5) is 0 Å². The average molecular weight is 396 g/mol. The van der Waals surface area contributed by atoms with Crippen LogP contribution in [0.15, 0.2) is 63.5 Å². The van der Waals surface area contributed by atoms with Crippen molar-refractivity contribution in [2.75, 3.05) is 0 Å². The van der Waals surface area contributed by atoms with Gasteiger partial charge in [-0.2, -0.15) is 0 Å². The minimum Gasteiger partial charge on any atom is -0.478 e. The zero-order valence-corrected chi connectivity index (χ0v) is 14.9. The van der Waals surface area contributed by atoms with Crippen LogP contribution in [0.1, 0.15) is 15.9 Å². The van der Waals surface area contributed by atoms with E-state index < -0.39 is 5.97 Å². The number of halogens is 1. The topological polar surface area (TPSA) is 66.2 Å². The molecule has 0 saturated heterocycles. The van der Waals surface area contributed by atoms with Gasteiger partial charge in [-0.25, -0.2) is 4.79 Å². The maximum absolute atomic E-state index is 11.0. The van der Waals surface area contributed by atoms with Crippen molar-refractivity contribution in [1.82, 2.24) is 4.98 Å². The molecule has 0 atom stereocenters. The Balaban J connectivity index is 1.71. The Morgan fingerprint density at radius 2 is 1.76 bits per heavy atom. The van der Waals surface area contributed by atoms with E-state index in [2.05, 4.69) is 27.8 Å². The van der Waals surface area contributed by atoms with E-state index >= 15 is 0 Å². The molecule has 0 bridgehead atoms. The quantitative estimate of drug-likeness (QED) is 0.456. The molecule has 0 aliphatic rings. The first-order valence-corrected chi connectivity index (χ1v) is 8.54. The molecule has 0 unspecified atom stereocenters. The number of hydrogen-bond acceptors (Lipinski definition) is 2. The third-order valence-electron chi connectivity index (χ3n) is 4.30. The van der Waals surface area contributed by atoms with Crippen molar-refractivity contribution in [3.63, 3.8) is 0 Å². The van der Waals surface area contributed by atoms with Gasteiger partial charge in [0.25, 0.3) is 0 Å². The number of benzene rings is 2. The third-order valence-corrected chi connectivity index (χ3v) is 5.16. The Hall–Kier alpha value is -2.79. The smallest absolute Gasteiger partial charge is 0.335 e. The highest BCUT2D eigenvalue weighted by molar-refractivity contribution is 9.10. The maximum Gasteiger partial charge on any atom is 0.335 e. The average Bonchev–Trinajstić information content (AvgIpc) is 3.25. The molecule has 0 spiro atoms. The Kier molecular flexibility index (Phi) is 3.73. The van der Waals surface area contributed by atoms with Gasteiger partial charge in [0.1, 0.15) is 5.58 Å². The first-order chi connectivity index (χ1) is 12.0. The lowest BCUT2D eigenvalue weighted by atomic mass is 10.1. The second kappa shape index (κ2) is 5.93. The minimum absolute atomic E-state index is 0.272. The standard InChI is InChI=1S/C20H14BrNO3/c1-11-14-10-19(25-18(14)9-6-15(11)21)17-8-7-16(22-17)12-2-4-13(5-3-12)20(23)24/h2-10,22H,1H3,(H,23,24). The molecule has 4 aromatic rings. The zero-order valence-electron chi connectivity index (χ0n) is 13.3. The maximum atomic E-state index is 11.0. The van der Waals surface area contributed by atoms with E-state index in [-0.39, 0.29) is 5.56 Å². The van der Waals surface area contributed by atoms with E-state index in [0.29, 0.717) is 0 Å². The second-order valence-electron chi connectivity index (χ2n) is 5.86. The predicted octanol–water partition coefficient (Wildman–Crippen LogP) is 5.86. The molecule has 0 fully saturated rings. The summed E-state index contributed by atoms with van der Waals surface area (Å²) in [6, 6.07) is 16.7. The van der Waals surface area contributed by atoms with Crippen molar-refractivity contribution in [3.8, 4) is 22.7 Å². The van der Waals surface area contributed by atoms with Crippen molar-refractivity contribution in [1.29, 1.82) is 0 Å². The van der Waals surface area contributed by atoms with Gasteiger partial charge >= 0.3 is 5.97 Å². The molecule has 0 aliphatic carbocycles. The van der Waals surface area contributed by atoms with Crippen LogP contribution in [0.25, 0.3) is 33.7 Å². The molecule has 2 aromatic heterocycles. The zero-order chi connectivity index (χ0) is 17.6. The number of H-pyrrole nitrogens is 1. The van der Waals surface area contributed by atoms with Gasteiger partial charge in [0, 0.05) is 15.6 Å². The molecule has 2 N–H and O–H groups in total. The summed E-state index contributed by atoms with van der Waals surface area (Å²) < 4.78 is 7.01. The molecule has 25 heavy (non-hydrogen) atoms. The van der Waals surface area contributed by atoms with Gasteiger partial charge in [0.05, 0.1) is 11.3 Å². The number of aromatic carboxylic acids is 1. The van der Waals surface area contributed by atoms with Crippen LogP contribution in [0.5, 0.6) is 0 Å². The van der Waals surface area contributed by atoms with Gasteiger partial charge in [-0.15, -0.1) is 0 Å². The van der Waals surface area contributed by atoms with Crippen LogP contribution in [-0.2, 0) is 0 Å². The number of carbonyl (C=O) groups is 1. The van der Waals surface area contributed by atoms with Crippen molar-refractivity contribution < 1.29 is 14.3 Å². The molecule has 4 nitrogen and oxygen atoms in total. The summed E-state index contributed by atoms with van der Waals surface area (Å²) in [7, 11) is 0. The number of nitrogens with one attached hydrogen (secondary N) is 1. The summed E-state index contributed by atoms with van der Waals surface area (Å²) in [6.45, 7) is 2.05. The summed E-state index contributed by atoms with van der Waals surface area (Å²) >= 11 is 3.54. The SMILES string of the molecule is Cc1c(Br)ccc2oc(-c3ccc(-c4ccc(C(=O)O)cc4)[nH]3)cc12. The number of aryl methyl sites for hydroxylation is 1. The second-order valence-corrected chi connectivity index (χ2v) is 6.72. The van der Waals surface area contributed by atoms with Crippen LogP contribution in [0, 0.1) is 6.92 Å². The molecular formula is C20H14BrNO3. The van der Waals surface area contributed by atoms with Gasteiger partial charge in [-0.1, -0.05) is 28.1 Å². The first-order valence-electron chi connectivity index (χ1n) is 7.75. The van der Waals surface area contributed by atoms with E-state index in [1.54, 1.807) is 24.3 Å². The van der Waals surface area contributed by atoms with Gasteiger partial charge < -0.3 is 14.5 Å². The highest BCUT2D eigenvalue weighted by Crippen LogP contribution is 2.33. The lowest BCUT2D eigenvalue weighted by Crippen LogP contribution is -1.94. The summed E-state index contributed by atoms with van der Waals surface area (Å²) in [6.07, 6.45) is 0. The fourth-order valence-electron chi connectivity index (χ4n) is 2.86. The van der Waals surface area contributed by atoms with E-state index in [4.69, 9.17) is 9.52 Å². The Labute approximate surface area is 152 Å². The van der Waals surface area contributed by atoms with Gasteiger partial charge in [0.2, 0.25) is 0 Å². The van der Waals surface area contributed by atoms with Crippen LogP contribution >= 0.6 is 15.9 Å². The number of fused-ring (bicyclic) bond motifs is 1. The molecule has 0 saturated carbocycles. The number of furan rings is 1. The van der Waals surface area contributed by atoms with Crippen molar-refractivity contribution in [3.05, 3.63) is 70.2 Å². The number of aromatic nitrogens is 1. The predicted molar refractivity (Wildman–Crippen MR) is 101 cm³/mol. The van der Waals surface area contributed by atoms with E-state index in [9.17, 15) is 4.79 Å². The molecule has 124 valence electrons. The highest BCUT2D eigenvalue weighted by Gasteiger charge is 2.12. The first kappa shape index (κ1) is 15.7. The number of rotatable bonds is 3. The van der Waals surface area contributed by atoms with Gasteiger partial charge in [-0.3, -0.25) is 0 Å². The fraction of sp³-hybridized carbons (Fsp3) is 0.0500. The monoisotopic (exact) mass is 395 g/mol. The molecule has 2 aromatic carbocycles. The van der Waals surface area contributed by atoms with Crippen molar-refractivity contribution in [2.45, 2.75) is 6.92 Å². The van der Waals surface area contributed by atoms with Crippen molar-refractivity contribution >= 4 is 32.9 Å². The fourth-order valence-corrected chi connectivity index (χ4v) is 3.20. The van der Waals surface area contributed by atoms with E-state index in [1.807, 2.05) is 30.3 Å². The summed E-state index contributed by atoms with van der Waals surface area (Å²) in [5.74, 6) is -0.160. The highest BCUT2D eigenvalue weighted by atomic mass is 79.9. The Morgan fingerprint density at radius 3 is 2.48 bits per heavy atom. The normalized spacial score (nSPS) is 11.1. The Bertz CT molecular complexity index is 1090. The van der Waals surface area contributed by atoms with E-state index in [0.717, 1.165) is 43.7 Å². The Morgan fingerprint density at radius 1 is 1.04 bits per heavy atom. The number of aromatic amines is 1. The molecular weight excluding hydrogens is 382 g/mol. The van der Waals surface area contributed by atoms with Crippen LogP contribution in [-0.4, -0.2) is 16.1 Å².